The number of anilines is 1. The van der Waals surface area contributed by atoms with E-state index in [1.54, 1.807) is 13.2 Å². The number of nitrogens with zero attached hydrogens (tertiary/aromatic N) is 3. The maximum absolute atomic E-state index is 10.8. The van der Waals surface area contributed by atoms with E-state index in [0.29, 0.717) is 6.54 Å². The minimum Gasteiger partial charge on any atom is -0.355 e. The minimum absolute atomic E-state index is 0.160. The largest absolute Gasteiger partial charge is 0.355 e. The molecular weight excluding hydrogens is 350 g/mol. The first-order valence-electron chi connectivity index (χ1n) is 8.91. The fourth-order valence-corrected chi connectivity index (χ4v) is 2.90. The molecule has 3 rings (SSSR count). The molecule has 26 heavy (non-hydrogen) atoms. The normalized spacial score (nSPS) is 13.4. The predicted molar refractivity (Wildman–Crippen MR) is 106 cm³/mol. The fourth-order valence-electron chi connectivity index (χ4n) is 2.69. The second-order valence-electron chi connectivity index (χ2n) is 6.02. The number of carbonyl (C=O) groups excluding carboxylic acids is 1. The highest BCUT2D eigenvalue weighted by molar-refractivity contribution is 6.30. The molecule has 1 fully saturated rings. The average molecular weight is 376 g/mol. The summed E-state index contributed by atoms with van der Waals surface area (Å²) < 4.78 is 0. The van der Waals surface area contributed by atoms with E-state index >= 15 is 0 Å². The van der Waals surface area contributed by atoms with Gasteiger partial charge in [-0.15, -0.1) is 5.10 Å². The van der Waals surface area contributed by atoms with Crippen molar-refractivity contribution in [2.75, 3.05) is 31.6 Å². The summed E-state index contributed by atoms with van der Waals surface area (Å²) in [5, 5.41) is 13.9. The van der Waals surface area contributed by atoms with Gasteiger partial charge in [0.05, 0.1) is 0 Å². The van der Waals surface area contributed by atoms with E-state index in [2.05, 4.69) is 25.7 Å². The predicted octanol–water partition coefficient (Wildman–Crippen LogP) is 3.28. The number of hydrogen-bond acceptors (Lipinski definition) is 4. The van der Waals surface area contributed by atoms with Crippen molar-refractivity contribution >= 4 is 23.4 Å². The molecule has 0 bridgehead atoms. The highest BCUT2D eigenvalue weighted by atomic mass is 35.5. The van der Waals surface area contributed by atoms with Crippen LogP contribution in [0.4, 0.5) is 10.6 Å². The van der Waals surface area contributed by atoms with Crippen molar-refractivity contribution in [1.29, 1.82) is 0 Å². The Morgan fingerprint density at radius 3 is 2.65 bits per heavy atom. The Bertz CT molecular complexity index is 662. The molecule has 6 nitrogen and oxygen atoms in total. The molecule has 2 amide bonds. The van der Waals surface area contributed by atoms with Crippen LogP contribution in [0, 0.1) is 0 Å². The van der Waals surface area contributed by atoms with Gasteiger partial charge in [0, 0.05) is 37.9 Å². The standard InChI is InChI=1S/C10H13ClN2O.C9H13N3/c1-12-10(14)13-6-5-8-3-2-4-9(11)7-8;1-2-7-12(8-3-1)9-5-4-6-10-11-9/h2-4,7H,5-6H2,1H3,(H2,12,13,14);4-6H,1-3,7-8H2. The Morgan fingerprint density at radius 1 is 1.19 bits per heavy atom. The third-order valence-electron chi connectivity index (χ3n) is 4.05. The Balaban J connectivity index is 0.000000189. The third kappa shape index (κ3) is 7.27. The highest BCUT2D eigenvalue weighted by Gasteiger charge is 2.11. The van der Waals surface area contributed by atoms with Crippen LogP contribution in [0.5, 0.6) is 0 Å². The van der Waals surface area contributed by atoms with Crippen molar-refractivity contribution in [2.24, 2.45) is 0 Å². The van der Waals surface area contributed by atoms with Gasteiger partial charge in [0.2, 0.25) is 0 Å². The monoisotopic (exact) mass is 375 g/mol. The van der Waals surface area contributed by atoms with Crippen LogP contribution in [-0.4, -0.2) is 42.9 Å². The summed E-state index contributed by atoms with van der Waals surface area (Å²) >= 11 is 5.81. The van der Waals surface area contributed by atoms with Crippen LogP contribution in [0.1, 0.15) is 24.8 Å². The van der Waals surface area contributed by atoms with Gasteiger partial charge in [-0.2, -0.15) is 5.10 Å². The van der Waals surface area contributed by atoms with Gasteiger partial charge in [-0.1, -0.05) is 23.7 Å². The summed E-state index contributed by atoms with van der Waals surface area (Å²) in [6.45, 7) is 2.89. The Labute approximate surface area is 160 Å². The van der Waals surface area contributed by atoms with E-state index in [9.17, 15) is 4.79 Å². The number of hydrogen-bond donors (Lipinski definition) is 2. The second-order valence-corrected chi connectivity index (χ2v) is 6.45. The highest BCUT2D eigenvalue weighted by Crippen LogP contribution is 2.15. The molecular formula is C19H26ClN5O. The van der Waals surface area contributed by atoms with Crippen molar-refractivity contribution in [2.45, 2.75) is 25.7 Å². The maximum Gasteiger partial charge on any atom is 0.314 e. The van der Waals surface area contributed by atoms with Crippen molar-refractivity contribution in [3.8, 4) is 0 Å². The molecule has 7 heteroatoms. The number of carbonyl (C=O) groups is 1. The number of amides is 2. The van der Waals surface area contributed by atoms with E-state index in [0.717, 1.165) is 35.9 Å². The number of aromatic nitrogens is 2. The van der Waals surface area contributed by atoms with E-state index in [1.807, 2.05) is 36.4 Å². The zero-order chi connectivity index (χ0) is 18.6. The van der Waals surface area contributed by atoms with Gasteiger partial charge in [0.25, 0.3) is 0 Å². The summed E-state index contributed by atoms with van der Waals surface area (Å²) in [7, 11) is 1.59. The van der Waals surface area contributed by atoms with Crippen LogP contribution in [0.25, 0.3) is 0 Å². The maximum atomic E-state index is 10.8. The van der Waals surface area contributed by atoms with Crippen LogP contribution in [0.3, 0.4) is 0 Å². The zero-order valence-corrected chi connectivity index (χ0v) is 15.9. The van der Waals surface area contributed by atoms with Crippen molar-refractivity contribution < 1.29 is 4.79 Å². The summed E-state index contributed by atoms with van der Waals surface area (Å²) in [4.78, 5) is 13.1. The summed E-state index contributed by atoms with van der Waals surface area (Å²) in [5.41, 5.74) is 1.12. The summed E-state index contributed by atoms with van der Waals surface area (Å²) in [5.74, 6) is 1.03. The molecule has 0 unspecified atom stereocenters. The van der Waals surface area contributed by atoms with Gasteiger partial charge < -0.3 is 15.5 Å². The zero-order valence-electron chi connectivity index (χ0n) is 15.1. The van der Waals surface area contributed by atoms with Crippen LogP contribution in [0.2, 0.25) is 5.02 Å². The molecule has 2 N–H and O–H groups in total. The van der Waals surface area contributed by atoms with Gasteiger partial charge in [0.15, 0.2) is 5.82 Å². The van der Waals surface area contributed by atoms with E-state index in [-0.39, 0.29) is 6.03 Å². The summed E-state index contributed by atoms with van der Waals surface area (Å²) in [6.07, 6.45) is 6.44. The first-order valence-corrected chi connectivity index (χ1v) is 9.29. The van der Waals surface area contributed by atoms with E-state index in [4.69, 9.17) is 11.6 Å². The molecule has 140 valence electrons. The number of benzene rings is 1. The SMILES string of the molecule is CNC(=O)NCCc1cccc(Cl)c1.c1cnnc(N2CCCCC2)c1. The molecule has 0 atom stereocenters. The van der Waals surface area contributed by atoms with Crippen molar-refractivity contribution in [1.82, 2.24) is 20.8 Å². The molecule has 0 aliphatic carbocycles. The van der Waals surface area contributed by atoms with Crippen LogP contribution in [-0.2, 0) is 6.42 Å². The number of piperidine rings is 1. The smallest absolute Gasteiger partial charge is 0.314 e. The van der Waals surface area contributed by atoms with Gasteiger partial charge >= 0.3 is 6.03 Å². The lowest BCUT2D eigenvalue weighted by molar-refractivity contribution is 0.243. The summed E-state index contributed by atoms with van der Waals surface area (Å²) in [6, 6.07) is 11.4. The van der Waals surface area contributed by atoms with E-state index in [1.165, 1.54) is 19.3 Å². The first kappa shape index (κ1) is 20.0. The van der Waals surface area contributed by atoms with Gasteiger partial charge in [-0.05, 0) is 55.5 Å². The van der Waals surface area contributed by atoms with Gasteiger partial charge in [0.1, 0.15) is 0 Å². The molecule has 1 saturated heterocycles. The number of urea groups is 1. The van der Waals surface area contributed by atoms with Crippen LogP contribution in [0.15, 0.2) is 42.6 Å². The molecule has 2 aromatic rings. The number of halogens is 1. The van der Waals surface area contributed by atoms with Crippen LogP contribution >= 0.6 is 11.6 Å². The lowest BCUT2D eigenvalue weighted by Gasteiger charge is -2.26. The molecule has 1 aromatic carbocycles. The second kappa shape index (κ2) is 11.3. The number of nitrogens with one attached hydrogen (secondary N) is 2. The Hall–Kier alpha value is -2.34. The molecule has 1 aromatic heterocycles. The topological polar surface area (TPSA) is 70.1 Å². The quantitative estimate of drug-likeness (QED) is 0.860. The molecule has 0 saturated carbocycles. The van der Waals surface area contributed by atoms with E-state index < -0.39 is 0 Å². The molecule has 1 aliphatic rings. The lowest BCUT2D eigenvalue weighted by atomic mass is 10.1. The first-order chi connectivity index (χ1) is 12.7. The fraction of sp³-hybridized carbons (Fsp3) is 0.421. The Kier molecular flexibility index (Phi) is 8.69. The molecule has 0 radical (unpaired) electrons. The van der Waals surface area contributed by atoms with Crippen molar-refractivity contribution in [3.63, 3.8) is 0 Å². The average Bonchev–Trinajstić information content (AvgIpc) is 2.70. The molecule has 2 heterocycles. The minimum atomic E-state index is -0.160. The Morgan fingerprint density at radius 2 is 2.00 bits per heavy atom. The van der Waals surface area contributed by atoms with Gasteiger partial charge in [-0.25, -0.2) is 4.79 Å². The van der Waals surface area contributed by atoms with Crippen molar-refractivity contribution in [3.05, 3.63) is 53.2 Å². The third-order valence-corrected chi connectivity index (χ3v) is 4.29. The molecule has 0 spiro atoms. The lowest BCUT2D eigenvalue weighted by Crippen LogP contribution is -2.33. The van der Waals surface area contributed by atoms with Crippen LogP contribution < -0.4 is 15.5 Å². The number of rotatable bonds is 4. The van der Waals surface area contributed by atoms with Gasteiger partial charge in [-0.3, -0.25) is 0 Å². The molecule has 1 aliphatic heterocycles.